The Labute approximate surface area is 192 Å². The molecule has 0 N–H and O–H groups in total. The van der Waals surface area contributed by atoms with Gasteiger partial charge in [-0.3, -0.25) is 14.6 Å². The Balaban J connectivity index is 1.44. The van der Waals surface area contributed by atoms with Crippen molar-refractivity contribution in [1.82, 2.24) is 29.6 Å². The summed E-state index contributed by atoms with van der Waals surface area (Å²) in [6.45, 7) is 6.77. The van der Waals surface area contributed by atoms with Gasteiger partial charge < -0.3 is 4.74 Å². The summed E-state index contributed by atoms with van der Waals surface area (Å²) in [5.74, 6) is -0.378. The second kappa shape index (κ2) is 9.07. The van der Waals surface area contributed by atoms with Gasteiger partial charge in [0.1, 0.15) is 0 Å². The maximum absolute atomic E-state index is 12.7. The number of nitrogens with zero attached hydrogens (tertiary/aromatic N) is 6. The van der Waals surface area contributed by atoms with Crippen molar-refractivity contribution >= 4 is 17.0 Å². The molecule has 0 saturated carbocycles. The lowest BCUT2D eigenvalue weighted by Crippen LogP contribution is -2.32. The molecule has 0 bridgehead atoms. The number of hydrogen-bond donors (Lipinski definition) is 0. The number of hydrogen-bond acceptors (Lipinski definition) is 7. The van der Waals surface area contributed by atoms with Crippen LogP contribution in [0.2, 0.25) is 0 Å². The standard InChI is InChI=1S/C25H26N6O2/c1-3-33-25(32)24-19-15-30(16-22-17(2)27-20-9-4-5-10-21(20)28-22)13-11-23(19)31(29-24)14-18-8-6-7-12-26-18/h4-10,12H,3,11,13-16H2,1-2H3. The molecule has 0 atom stereocenters. The highest BCUT2D eigenvalue weighted by molar-refractivity contribution is 5.89. The van der Waals surface area contributed by atoms with E-state index in [1.54, 1.807) is 6.20 Å². The molecule has 0 spiro atoms. The van der Waals surface area contributed by atoms with Crippen LogP contribution in [0.25, 0.3) is 11.0 Å². The summed E-state index contributed by atoms with van der Waals surface area (Å²) in [4.78, 5) is 29.0. The number of fused-ring (bicyclic) bond motifs is 2. The maximum Gasteiger partial charge on any atom is 0.359 e. The molecule has 168 valence electrons. The molecule has 0 amide bonds. The number of esters is 1. The van der Waals surface area contributed by atoms with Crippen LogP contribution in [0.15, 0.2) is 48.7 Å². The van der Waals surface area contributed by atoms with Gasteiger partial charge >= 0.3 is 5.97 Å². The first-order valence-corrected chi connectivity index (χ1v) is 11.2. The van der Waals surface area contributed by atoms with Crippen molar-refractivity contribution in [2.24, 2.45) is 0 Å². The van der Waals surface area contributed by atoms with Crippen LogP contribution in [0.1, 0.15) is 45.8 Å². The summed E-state index contributed by atoms with van der Waals surface area (Å²) in [5, 5.41) is 4.65. The summed E-state index contributed by atoms with van der Waals surface area (Å²) in [7, 11) is 0. The Bertz CT molecular complexity index is 1300. The second-order valence-corrected chi connectivity index (χ2v) is 8.18. The molecule has 8 nitrogen and oxygen atoms in total. The molecule has 1 aliphatic rings. The largest absolute Gasteiger partial charge is 0.461 e. The molecule has 33 heavy (non-hydrogen) atoms. The molecule has 1 aromatic carbocycles. The topological polar surface area (TPSA) is 86.0 Å². The summed E-state index contributed by atoms with van der Waals surface area (Å²) >= 11 is 0. The normalized spacial score (nSPS) is 13.8. The number of pyridine rings is 1. The van der Waals surface area contributed by atoms with E-state index in [-0.39, 0.29) is 5.97 Å². The second-order valence-electron chi connectivity index (χ2n) is 8.18. The van der Waals surface area contributed by atoms with Gasteiger partial charge in [-0.25, -0.2) is 14.8 Å². The van der Waals surface area contributed by atoms with Gasteiger partial charge in [0, 0.05) is 43.5 Å². The molecular formula is C25H26N6O2. The van der Waals surface area contributed by atoms with Gasteiger partial charge in [-0.15, -0.1) is 0 Å². The predicted molar refractivity (Wildman–Crippen MR) is 124 cm³/mol. The average molecular weight is 443 g/mol. The molecule has 4 aromatic rings. The third kappa shape index (κ3) is 4.34. The first-order valence-electron chi connectivity index (χ1n) is 11.2. The fourth-order valence-corrected chi connectivity index (χ4v) is 4.31. The van der Waals surface area contributed by atoms with Gasteiger partial charge in [-0.1, -0.05) is 18.2 Å². The zero-order valence-corrected chi connectivity index (χ0v) is 18.9. The Morgan fingerprint density at radius 2 is 1.85 bits per heavy atom. The van der Waals surface area contributed by atoms with E-state index in [1.807, 2.05) is 61.0 Å². The molecule has 1 aliphatic heterocycles. The summed E-state index contributed by atoms with van der Waals surface area (Å²) in [6, 6.07) is 13.7. The van der Waals surface area contributed by atoms with Crippen LogP contribution in [-0.2, 0) is 30.8 Å². The molecule has 0 saturated heterocycles. The molecule has 0 unspecified atom stereocenters. The molecule has 5 rings (SSSR count). The minimum absolute atomic E-state index is 0.316. The fraction of sp³-hybridized carbons (Fsp3) is 0.320. The fourth-order valence-electron chi connectivity index (χ4n) is 4.31. The van der Waals surface area contributed by atoms with Crippen LogP contribution in [0, 0.1) is 6.92 Å². The van der Waals surface area contributed by atoms with Crippen LogP contribution in [-0.4, -0.2) is 48.8 Å². The Morgan fingerprint density at radius 3 is 2.61 bits per heavy atom. The lowest BCUT2D eigenvalue weighted by atomic mass is 10.0. The van der Waals surface area contributed by atoms with Gasteiger partial charge in [0.25, 0.3) is 0 Å². The lowest BCUT2D eigenvalue weighted by molar-refractivity contribution is 0.0515. The molecule has 3 aromatic heterocycles. The number of aromatic nitrogens is 5. The monoisotopic (exact) mass is 442 g/mol. The van der Waals surface area contributed by atoms with E-state index in [0.717, 1.165) is 52.3 Å². The predicted octanol–water partition coefficient (Wildman–Crippen LogP) is 3.31. The van der Waals surface area contributed by atoms with Gasteiger partial charge in [0.05, 0.1) is 41.3 Å². The van der Waals surface area contributed by atoms with Crippen molar-refractivity contribution in [1.29, 1.82) is 0 Å². The van der Waals surface area contributed by atoms with Crippen molar-refractivity contribution in [2.75, 3.05) is 13.2 Å². The van der Waals surface area contributed by atoms with E-state index in [2.05, 4.69) is 15.0 Å². The van der Waals surface area contributed by atoms with Gasteiger partial charge in [0.2, 0.25) is 0 Å². The van der Waals surface area contributed by atoms with Crippen molar-refractivity contribution < 1.29 is 9.53 Å². The first-order chi connectivity index (χ1) is 16.1. The number of carbonyl (C=O) groups is 1. The van der Waals surface area contributed by atoms with E-state index < -0.39 is 0 Å². The lowest BCUT2D eigenvalue weighted by Gasteiger charge is -2.27. The number of para-hydroxylation sites is 2. The number of ether oxygens (including phenoxy) is 1. The van der Waals surface area contributed by atoms with Crippen molar-refractivity contribution in [2.45, 2.75) is 39.9 Å². The van der Waals surface area contributed by atoms with Crippen LogP contribution < -0.4 is 0 Å². The highest BCUT2D eigenvalue weighted by Gasteiger charge is 2.29. The smallest absolute Gasteiger partial charge is 0.359 e. The van der Waals surface area contributed by atoms with Gasteiger partial charge in [-0.05, 0) is 38.1 Å². The van der Waals surface area contributed by atoms with Crippen molar-refractivity contribution in [3.8, 4) is 0 Å². The van der Waals surface area contributed by atoms with E-state index in [9.17, 15) is 4.79 Å². The maximum atomic E-state index is 12.7. The number of aryl methyl sites for hydroxylation is 1. The third-order valence-corrected chi connectivity index (χ3v) is 5.94. The van der Waals surface area contributed by atoms with Crippen molar-refractivity contribution in [3.63, 3.8) is 0 Å². The number of carbonyl (C=O) groups excluding carboxylic acids is 1. The average Bonchev–Trinajstić information content (AvgIpc) is 3.18. The van der Waals surface area contributed by atoms with Gasteiger partial charge in [0.15, 0.2) is 5.69 Å². The molecule has 0 radical (unpaired) electrons. The van der Waals surface area contributed by atoms with E-state index in [1.165, 1.54) is 0 Å². The van der Waals surface area contributed by atoms with E-state index in [4.69, 9.17) is 14.7 Å². The van der Waals surface area contributed by atoms with E-state index in [0.29, 0.717) is 31.9 Å². The van der Waals surface area contributed by atoms with Crippen LogP contribution in [0.3, 0.4) is 0 Å². The SMILES string of the molecule is CCOC(=O)c1nn(Cc2ccccn2)c2c1CN(Cc1nc3ccccc3nc1C)CC2. The highest BCUT2D eigenvalue weighted by atomic mass is 16.5. The minimum atomic E-state index is -0.378. The Hall–Kier alpha value is -3.65. The highest BCUT2D eigenvalue weighted by Crippen LogP contribution is 2.26. The molecular weight excluding hydrogens is 416 g/mol. The van der Waals surface area contributed by atoms with Crippen molar-refractivity contribution in [3.05, 3.63) is 82.7 Å². The van der Waals surface area contributed by atoms with Crippen LogP contribution >= 0.6 is 0 Å². The summed E-state index contributed by atoms with van der Waals surface area (Å²) in [5.41, 5.74) is 6.98. The first kappa shape index (κ1) is 21.2. The van der Waals surface area contributed by atoms with Gasteiger partial charge in [-0.2, -0.15) is 5.10 Å². The Morgan fingerprint density at radius 1 is 1.06 bits per heavy atom. The molecule has 0 fully saturated rings. The third-order valence-electron chi connectivity index (χ3n) is 5.94. The van der Waals surface area contributed by atoms with Crippen LogP contribution in [0.4, 0.5) is 0 Å². The Kier molecular flexibility index (Phi) is 5.83. The zero-order chi connectivity index (χ0) is 22.8. The number of rotatable bonds is 6. The molecule has 4 heterocycles. The molecule has 8 heteroatoms. The number of benzene rings is 1. The summed E-state index contributed by atoms with van der Waals surface area (Å²) in [6.07, 6.45) is 2.56. The molecule has 0 aliphatic carbocycles. The summed E-state index contributed by atoms with van der Waals surface area (Å²) < 4.78 is 7.21. The quantitative estimate of drug-likeness (QED) is 0.424. The zero-order valence-electron chi connectivity index (χ0n) is 18.9. The van der Waals surface area contributed by atoms with E-state index >= 15 is 0 Å². The minimum Gasteiger partial charge on any atom is -0.461 e. The van der Waals surface area contributed by atoms with Crippen LogP contribution in [0.5, 0.6) is 0 Å².